The molecule has 3 aromatic rings. The molecule has 1 aliphatic heterocycles. The molecule has 0 spiro atoms. The van der Waals surface area contributed by atoms with Gasteiger partial charge in [-0.25, -0.2) is 15.8 Å². The van der Waals surface area contributed by atoms with Crippen LogP contribution >= 0.6 is 23.2 Å². The number of benzene rings is 2. The first-order valence-electron chi connectivity index (χ1n) is 10.2. The van der Waals surface area contributed by atoms with Crippen molar-refractivity contribution in [1.82, 2.24) is 25.7 Å². The van der Waals surface area contributed by atoms with Gasteiger partial charge in [-0.05, 0) is 48.7 Å². The minimum Gasteiger partial charge on any atom is -0.334 e. The normalized spacial score (nSPS) is 18.4. The summed E-state index contributed by atoms with van der Waals surface area (Å²) in [5.41, 5.74) is 7.58. The van der Waals surface area contributed by atoms with Crippen molar-refractivity contribution in [3.8, 4) is 0 Å². The zero-order chi connectivity index (χ0) is 22.0. The van der Waals surface area contributed by atoms with Crippen LogP contribution < -0.4 is 16.4 Å². The number of nitrogens with one attached hydrogen (secondary N) is 3. The highest BCUT2D eigenvalue weighted by atomic mass is 35.5. The van der Waals surface area contributed by atoms with Crippen molar-refractivity contribution in [2.24, 2.45) is 0 Å². The van der Waals surface area contributed by atoms with Crippen molar-refractivity contribution in [3.05, 3.63) is 74.3 Å². The molecule has 2 unspecified atom stereocenters. The van der Waals surface area contributed by atoms with Crippen LogP contribution in [-0.2, 0) is 11.3 Å². The van der Waals surface area contributed by atoms with E-state index in [2.05, 4.69) is 20.8 Å². The second-order valence-electron chi connectivity index (χ2n) is 7.62. The largest absolute Gasteiger partial charge is 0.334 e. The number of carbonyl (C=O) groups excluding carboxylic acids is 1. The quantitative estimate of drug-likeness (QED) is 0.523. The van der Waals surface area contributed by atoms with Gasteiger partial charge in [-0.2, -0.15) is 0 Å². The van der Waals surface area contributed by atoms with Gasteiger partial charge in [0, 0.05) is 22.6 Å². The molecule has 3 N–H and O–H groups in total. The molecule has 162 valence electrons. The summed E-state index contributed by atoms with van der Waals surface area (Å²) in [6.07, 6.45) is 1.38. The van der Waals surface area contributed by atoms with Crippen LogP contribution in [0.2, 0.25) is 10.0 Å². The topological polar surface area (TPSA) is 90.1 Å². The predicted molar refractivity (Wildman–Crippen MR) is 122 cm³/mol. The number of hydrazine groups is 1. The molecule has 1 aliphatic rings. The number of halogens is 2. The summed E-state index contributed by atoms with van der Waals surface area (Å²) in [5, 5.41) is 1.63. The lowest BCUT2D eigenvalue weighted by atomic mass is 10.0. The molecule has 2 heterocycles. The molecule has 1 fully saturated rings. The van der Waals surface area contributed by atoms with E-state index in [0.717, 1.165) is 12.0 Å². The molecular weight excluding hydrogens is 437 g/mol. The van der Waals surface area contributed by atoms with E-state index < -0.39 is 6.04 Å². The number of nitrogens with zero attached hydrogens (tertiary/aromatic N) is 2. The summed E-state index contributed by atoms with van der Waals surface area (Å²) in [6.45, 7) is 2.77. The maximum Gasteiger partial charge on any atom is 0.258 e. The first kappa shape index (κ1) is 21.8. The Morgan fingerprint density at radius 2 is 1.97 bits per heavy atom. The summed E-state index contributed by atoms with van der Waals surface area (Å²) in [6, 6.07) is 12.1. The zero-order valence-electron chi connectivity index (χ0n) is 17.0. The van der Waals surface area contributed by atoms with Crippen LogP contribution in [0.5, 0.6) is 0 Å². The van der Waals surface area contributed by atoms with Crippen molar-refractivity contribution >= 4 is 40.0 Å². The third kappa shape index (κ3) is 4.91. The third-order valence-corrected chi connectivity index (χ3v) is 5.79. The number of aromatic amines is 1. The van der Waals surface area contributed by atoms with Crippen LogP contribution in [0, 0.1) is 0 Å². The van der Waals surface area contributed by atoms with Crippen LogP contribution in [0.4, 0.5) is 0 Å². The van der Waals surface area contributed by atoms with Crippen molar-refractivity contribution < 1.29 is 4.79 Å². The second-order valence-corrected chi connectivity index (χ2v) is 8.49. The molecule has 0 radical (unpaired) electrons. The van der Waals surface area contributed by atoms with Crippen molar-refractivity contribution in [1.29, 1.82) is 0 Å². The minimum atomic E-state index is -0.392. The number of hydrogen-bond acceptors (Lipinski definition) is 5. The summed E-state index contributed by atoms with van der Waals surface area (Å²) < 4.78 is 0. The monoisotopic (exact) mass is 459 g/mol. The number of hydrogen-bond donors (Lipinski definition) is 3. The first-order chi connectivity index (χ1) is 14.9. The molecule has 0 bridgehead atoms. The fourth-order valence-corrected chi connectivity index (χ4v) is 4.20. The first-order valence-corrected chi connectivity index (χ1v) is 10.9. The van der Waals surface area contributed by atoms with E-state index in [9.17, 15) is 9.59 Å². The second kappa shape index (κ2) is 9.36. The molecule has 31 heavy (non-hydrogen) atoms. The lowest BCUT2D eigenvalue weighted by molar-refractivity contribution is -0.134. The molecule has 7 nitrogen and oxygen atoms in total. The number of carbonyl (C=O) groups is 1. The van der Waals surface area contributed by atoms with Gasteiger partial charge in [0.25, 0.3) is 5.56 Å². The van der Waals surface area contributed by atoms with Crippen LogP contribution in [0.25, 0.3) is 10.9 Å². The Balaban J connectivity index is 1.52. The zero-order valence-corrected chi connectivity index (χ0v) is 18.5. The van der Waals surface area contributed by atoms with Crippen LogP contribution in [0.3, 0.4) is 0 Å². The smallest absolute Gasteiger partial charge is 0.258 e. The summed E-state index contributed by atoms with van der Waals surface area (Å²) in [4.78, 5) is 34.7. The number of rotatable bonds is 6. The van der Waals surface area contributed by atoms with Gasteiger partial charge in [0.05, 0.1) is 17.4 Å². The van der Waals surface area contributed by atoms with Crippen LogP contribution in [-0.4, -0.2) is 33.4 Å². The van der Waals surface area contributed by atoms with E-state index in [4.69, 9.17) is 23.2 Å². The van der Waals surface area contributed by atoms with Crippen molar-refractivity contribution in [3.63, 3.8) is 0 Å². The molecule has 1 aromatic heterocycles. The molecule has 0 aliphatic carbocycles. The Morgan fingerprint density at radius 1 is 1.16 bits per heavy atom. The number of fused-ring (bicyclic) bond motifs is 1. The number of aromatic nitrogens is 2. The molecular formula is C22H23Cl2N5O2. The van der Waals surface area contributed by atoms with Gasteiger partial charge in [0.15, 0.2) is 0 Å². The standard InChI is InChI=1S/C22H23Cl2N5O2/c1-2-8-29(12-20-25-18-10-15(24)6-7-16(18)21(30)26-20)22(31)19-11-17(27-28-19)13-4-3-5-14(23)9-13/h3-7,9-10,17,19,27-28H,2,8,11-12H2,1H3,(H,25,26,30). The maximum absolute atomic E-state index is 13.2. The summed E-state index contributed by atoms with van der Waals surface area (Å²) >= 11 is 12.1. The number of H-pyrrole nitrogens is 1. The minimum absolute atomic E-state index is 0.0168. The molecule has 9 heteroatoms. The van der Waals surface area contributed by atoms with E-state index in [-0.39, 0.29) is 24.1 Å². The Labute approximate surface area is 189 Å². The number of amides is 1. The Hall–Kier alpha value is -2.45. The molecule has 2 aromatic carbocycles. The van der Waals surface area contributed by atoms with Gasteiger partial charge in [-0.1, -0.05) is 42.3 Å². The average Bonchev–Trinajstić information content (AvgIpc) is 3.23. The molecule has 1 saturated heterocycles. The van der Waals surface area contributed by atoms with Crippen molar-refractivity contribution in [2.45, 2.75) is 38.4 Å². The van der Waals surface area contributed by atoms with E-state index in [0.29, 0.717) is 39.7 Å². The van der Waals surface area contributed by atoms with E-state index in [1.54, 1.807) is 23.1 Å². The molecule has 1 amide bonds. The van der Waals surface area contributed by atoms with E-state index in [1.165, 1.54) is 0 Å². The Morgan fingerprint density at radius 3 is 2.74 bits per heavy atom. The highest BCUT2D eigenvalue weighted by Crippen LogP contribution is 2.25. The van der Waals surface area contributed by atoms with Crippen molar-refractivity contribution in [2.75, 3.05) is 6.54 Å². The predicted octanol–water partition coefficient (Wildman–Crippen LogP) is 3.58. The van der Waals surface area contributed by atoms with E-state index in [1.807, 2.05) is 31.2 Å². The van der Waals surface area contributed by atoms with Crippen LogP contribution in [0.15, 0.2) is 47.3 Å². The Bertz CT molecular complexity index is 1170. The fraction of sp³-hybridized carbons (Fsp3) is 0.318. The lowest BCUT2D eigenvalue weighted by Crippen LogP contribution is -2.46. The van der Waals surface area contributed by atoms with Gasteiger partial charge in [-0.15, -0.1) is 0 Å². The average molecular weight is 460 g/mol. The Kier molecular flexibility index (Phi) is 6.57. The molecule has 2 atom stereocenters. The SMILES string of the molecule is CCCN(Cc1nc2cc(Cl)ccc2c(=O)[nH]1)C(=O)C1CC(c2cccc(Cl)c2)NN1. The fourth-order valence-electron chi connectivity index (χ4n) is 3.83. The lowest BCUT2D eigenvalue weighted by Gasteiger charge is -2.24. The third-order valence-electron chi connectivity index (χ3n) is 5.32. The van der Waals surface area contributed by atoms with Gasteiger partial charge in [-0.3, -0.25) is 9.59 Å². The molecule has 0 saturated carbocycles. The van der Waals surface area contributed by atoms with Gasteiger partial charge >= 0.3 is 0 Å². The van der Waals surface area contributed by atoms with E-state index >= 15 is 0 Å². The van der Waals surface area contributed by atoms with Gasteiger partial charge < -0.3 is 9.88 Å². The van der Waals surface area contributed by atoms with Crippen LogP contribution in [0.1, 0.15) is 37.2 Å². The van der Waals surface area contributed by atoms with Gasteiger partial charge in [0.1, 0.15) is 11.9 Å². The highest BCUT2D eigenvalue weighted by molar-refractivity contribution is 6.31. The summed E-state index contributed by atoms with van der Waals surface area (Å²) in [5.74, 6) is 0.381. The summed E-state index contributed by atoms with van der Waals surface area (Å²) in [7, 11) is 0. The maximum atomic E-state index is 13.2. The molecule has 4 rings (SSSR count). The van der Waals surface area contributed by atoms with Gasteiger partial charge in [0.2, 0.25) is 5.91 Å². The highest BCUT2D eigenvalue weighted by Gasteiger charge is 2.33.